The Morgan fingerprint density at radius 3 is 2.83 bits per heavy atom. The Morgan fingerprint density at radius 2 is 2.17 bits per heavy atom. The first-order valence-electron chi connectivity index (χ1n) is 5.73. The number of rotatable bonds is 4. The number of aryl methyl sites for hydroxylation is 1. The van der Waals surface area contributed by atoms with Gasteiger partial charge >= 0.3 is 0 Å². The molecule has 0 bridgehead atoms. The number of halogens is 1. The minimum atomic E-state index is 0.696. The smallest absolute Gasteiger partial charge is 0.119 e. The molecule has 1 N–H and O–H groups in total. The summed E-state index contributed by atoms with van der Waals surface area (Å²) in [6.45, 7) is 2.99. The van der Waals surface area contributed by atoms with Crippen molar-refractivity contribution in [2.45, 2.75) is 23.4 Å². The van der Waals surface area contributed by atoms with E-state index in [1.54, 1.807) is 18.0 Å². The monoisotopic (exact) mass is 278 g/mol. The molecule has 0 saturated carbocycles. The number of nitrogens with zero attached hydrogens (tertiary/aromatic N) is 1. The lowest BCUT2D eigenvalue weighted by atomic mass is 10.1. The standard InChI is InChI=1S/C14H15ClN2S/c1-10-8-11(9-16-2)5-6-13(10)18-14-12(15)4-3-7-17-14/h3-8,16H,9H2,1-2H3. The molecule has 0 unspecified atom stereocenters. The zero-order valence-electron chi connectivity index (χ0n) is 10.4. The first-order valence-corrected chi connectivity index (χ1v) is 6.92. The van der Waals surface area contributed by atoms with Gasteiger partial charge < -0.3 is 5.32 Å². The molecule has 0 radical (unpaired) electrons. The molecule has 0 aliphatic heterocycles. The summed E-state index contributed by atoms with van der Waals surface area (Å²) in [5.41, 5.74) is 2.53. The highest BCUT2D eigenvalue weighted by Gasteiger charge is 2.06. The first kappa shape index (κ1) is 13.4. The second-order valence-corrected chi connectivity index (χ2v) is 5.46. The lowest BCUT2D eigenvalue weighted by Gasteiger charge is -2.08. The number of hydrogen-bond donors (Lipinski definition) is 1. The Kier molecular flexibility index (Phi) is 4.64. The van der Waals surface area contributed by atoms with E-state index in [2.05, 4.69) is 35.4 Å². The van der Waals surface area contributed by atoms with Gasteiger partial charge in [-0.25, -0.2) is 4.98 Å². The molecule has 2 aromatic rings. The van der Waals surface area contributed by atoms with Crippen LogP contribution in [-0.2, 0) is 6.54 Å². The number of hydrogen-bond acceptors (Lipinski definition) is 3. The second kappa shape index (κ2) is 6.23. The van der Waals surface area contributed by atoms with Gasteiger partial charge in [0.15, 0.2) is 0 Å². The van der Waals surface area contributed by atoms with Gasteiger partial charge in [0.25, 0.3) is 0 Å². The number of benzene rings is 1. The molecular weight excluding hydrogens is 264 g/mol. The van der Waals surface area contributed by atoms with E-state index >= 15 is 0 Å². The highest BCUT2D eigenvalue weighted by atomic mass is 35.5. The number of aromatic nitrogens is 1. The summed E-state index contributed by atoms with van der Waals surface area (Å²) in [7, 11) is 1.95. The van der Waals surface area contributed by atoms with Gasteiger partial charge in [-0.2, -0.15) is 0 Å². The topological polar surface area (TPSA) is 24.9 Å². The molecule has 2 rings (SSSR count). The van der Waals surface area contributed by atoms with E-state index in [0.717, 1.165) is 11.6 Å². The van der Waals surface area contributed by atoms with Crippen LogP contribution in [0.1, 0.15) is 11.1 Å². The molecule has 1 aromatic carbocycles. The van der Waals surface area contributed by atoms with Gasteiger partial charge in [-0.3, -0.25) is 0 Å². The summed E-state index contributed by atoms with van der Waals surface area (Å²) in [6, 6.07) is 10.1. The molecule has 4 heteroatoms. The third kappa shape index (κ3) is 3.25. The fourth-order valence-corrected chi connectivity index (χ4v) is 2.77. The van der Waals surface area contributed by atoms with Crippen molar-refractivity contribution < 1.29 is 0 Å². The van der Waals surface area contributed by atoms with E-state index in [0.29, 0.717) is 5.02 Å². The minimum absolute atomic E-state index is 0.696. The van der Waals surface area contributed by atoms with Crippen LogP contribution in [0.25, 0.3) is 0 Å². The van der Waals surface area contributed by atoms with Crippen LogP contribution in [0.5, 0.6) is 0 Å². The van der Waals surface area contributed by atoms with Crippen molar-refractivity contribution in [3.63, 3.8) is 0 Å². The molecule has 0 atom stereocenters. The van der Waals surface area contributed by atoms with Crippen LogP contribution in [-0.4, -0.2) is 12.0 Å². The van der Waals surface area contributed by atoms with Gasteiger partial charge in [0.05, 0.1) is 5.02 Å². The Balaban J connectivity index is 2.22. The summed E-state index contributed by atoms with van der Waals surface area (Å²) >= 11 is 7.72. The molecule has 94 valence electrons. The van der Waals surface area contributed by atoms with Crippen LogP contribution >= 0.6 is 23.4 Å². The van der Waals surface area contributed by atoms with Crippen LogP contribution in [0.4, 0.5) is 0 Å². The van der Waals surface area contributed by atoms with E-state index in [9.17, 15) is 0 Å². The Labute approximate surface area is 117 Å². The maximum absolute atomic E-state index is 6.11. The van der Waals surface area contributed by atoms with Crippen LogP contribution < -0.4 is 5.32 Å². The van der Waals surface area contributed by atoms with Crippen LogP contribution in [0, 0.1) is 6.92 Å². The van der Waals surface area contributed by atoms with Crippen molar-refractivity contribution in [2.24, 2.45) is 0 Å². The molecule has 0 amide bonds. The maximum Gasteiger partial charge on any atom is 0.119 e. The zero-order valence-corrected chi connectivity index (χ0v) is 12.0. The van der Waals surface area contributed by atoms with Gasteiger partial charge in [0.1, 0.15) is 5.03 Å². The van der Waals surface area contributed by atoms with Crippen LogP contribution in [0.3, 0.4) is 0 Å². The van der Waals surface area contributed by atoms with Gasteiger partial charge in [-0.15, -0.1) is 0 Å². The highest BCUT2D eigenvalue weighted by Crippen LogP contribution is 2.33. The predicted molar refractivity (Wildman–Crippen MR) is 77.3 cm³/mol. The van der Waals surface area contributed by atoms with Crippen molar-refractivity contribution in [3.05, 3.63) is 52.7 Å². The number of pyridine rings is 1. The summed E-state index contributed by atoms with van der Waals surface area (Å²) in [5, 5.41) is 4.70. The quantitative estimate of drug-likeness (QED) is 0.918. The largest absolute Gasteiger partial charge is 0.316 e. The normalized spacial score (nSPS) is 10.6. The molecule has 0 aliphatic carbocycles. The SMILES string of the molecule is CNCc1ccc(Sc2ncccc2Cl)c(C)c1. The third-order valence-electron chi connectivity index (χ3n) is 2.55. The van der Waals surface area contributed by atoms with Crippen molar-refractivity contribution >= 4 is 23.4 Å². The summed E-state index contributed by atoms with van der Waals surface area (Å²) in [4.78, 5) is 5.48. The molecule has 0 fully saturated rings. The van der Waals surface area contributed by atoms with Gasteiger partial charge in [-0.1, -0.05) is 35.5 Å². The fourth-order valence-electron chi connectivity index (χ4n) is 1.69. The molecule has 18 heavy (non-hydrogen) atoms. The lowest BCUT2D eigenvalue weighted by Crippen LogP contribution is -2.05. The average molecular weight is 279 g/mol. The predicted octanol–water partition coefficient (Wildman–Crippen LogP) is 3.91. The molecule has 0 aliphatic rings. The second-order valence-electron chi connectivity index (χ2n) is 4.02. The average Bonchev–Trinajstić information content (AvgIpc) is 2.35. The molecular formula is C14H15ClN2S. The fraction of sp³-hybridized carbons (Fsp3) is 0.214. The van der Waals surface area contributed by atoms with Gasteiger partial charge in [-0.05, 0) is 43.3 Å². The van der Waals surface area contributed by atoms with E-state index in [-0.39, 0.29) is 0 Å². The Morgan fingerprint density at radius 1 is 1.33 bits per heavy atom. The third-order valence-corrected chi connectivity index (χ3v) is 4.17. The first-order chi connectivity index (χ1) is 8.70. The minimum Gasteiger partial charge on any atom is -0.316 e. The van der Waals surface area contributed by atoms with Crippen molar-refractivity contribution in [1.82, 2.24) is 10.3 Å². The van der Waals surface area contributed by atoms with Crippen molar-refractivity contribution in [2.75, 3.05) is 7.05 Å². The van der Waals surface area contributed by atoms with Crippen molar-refractivity contribution in [1.29, 1.82) is 0 Å². The molecule has 2 nitrogen and oxygen atoms in total. The van der Waals surface area contributed by atoms with Crippen molar-refractivity contribution in [3.8, 4) is 0 Å². The lowest BCUT2D eigenvalue weighted by molar-refractivity contribution is 0.815. The van der Waals surface area contributed by atoms with E-state index in [1.165, 1.54) is 16.0 Å². The number of nitrogens with one attached hydrogen (secondary N) is 1. The van der Waals surface area contributed by atoms with Gasteiger partial charge in [0.2, 0.25) is 0 Å². The molecule has 0 saturated heterocycles. The Hall–Kier alpha value is -1.03. The van der Waals surface area contributed by atoms with Crippen LogP contribution in [0.15, 0.2) is 46.5 Å². The molecule has 1 heterocycles. The van der Waals surface area contributed by atoms with Gasteiger partial charge in [0, 0.05) is 17.6 Å². The molecule has 1 aromatic heterocycles. The van der Waals surface area contributed by atoms with E-state index < -0.39 is 0 Å². The zero-order chi connectivity index (χ0) is 13.0. The van der Waals surface area contributed by atoms with E-state index in [1.807, 2.05) is 19.2 Å². The van der Waals surface area contributed by atoms with Crippen LogP contribution in [0.2, 0.25) is 5.02 Å². The van der Waals surface area contributed by atoms with E-state index in [4.69, 9.17) is 11.6 Å². The molecule has 0 spiro atoms. The summed E-state index contributed by atoms with van der Waals surface area (Å²) < 4.78 is 0. The Bertz CT molecular complexity index is 543. The highest BCUT2D eigenvalue weighted by molar-refractivity contribution is 7.99. The maximum atomic E-state index is 6.11. The summed E-state index contributed by atoms with van der Waals surface area (Å²) in [5.74, 6) is 0. The summed E-state index contributed by atoms with van der Waals surface area (Å²) in [6.07, 6.45) is 1.76.